The van der Waals surface area contributed by atoms with E-state index < -0.39 is 0 Å². The Morgan fingerprint density at radius 2 is 2.11 bits per heavy atom. The molecule has 0 aliphatic carbocycles. The zero-order valence-electron chi connectivity index (χ0n) is 9.51. The normalized spacial score (nSPS) is 11.0. The summed E-state index contributed by atoms with van der Waals surface area (Å²) in [5.74, 6) is 0. The van der Waals surface area contributed by atoms with Crippen molar-refractivity contribution in [2.24, 2.45) is 0 Å². The minimum absolute atomic E-state index is 0.453. The van der Waals surface area contributed by atoms with Gasteiger partial charge in [0.2, 0.25) is 5.13 Å². The van der Waals surface area contributed by atoms with Crippen molar-refractivity contribution in [3.63, 3.8) is 0 Å². The Labute approximate surface area is 112 Å². The van der Waals surface area contributed by atoms with Gasteiger partial charge in [-0.2, -0.15) is 0 Å². The Kier molecular flexibility index (Phi) is 2.65. The fraction of sp³-hybridized carbons (Fsp3) is 0.0833. The summed E-state index contributed by atoms with van der Waals surface area (Å²) in [6.07, 6.45) is 0. The lowest BCUT2D eigenvalue weighted by Gasteiger charge is -2.06. The number of rotatable bonds is 1. The number of nitrogens with zero attached hydrogens (tertiary/aromatic N) is 3. The Morgan fingerprint density at radius 1 is 1.28 bits per heavy atom. The highest BCUT2D eigenvalue weighted by atomic mass is 35.5. The standard InChI is InChI=1S/C12H9ClN4S/c1-6-5-8(11-16-17-12(14)18-11)7-3-2-4-9(13)10(7)15-6/h2-5H,1H3,(H2,14,17). The molecule has 3 aromatic rings. The van der Waals surface area contributed by atoms with Gasteiger partial charge in [0, 0.05) is 16.6 Å². The van der Waals surface area contributed by atoms with Gasteiger partial charge in [0.25, 0.3) is 0 Å². The number of pyridine rings is 1. The van der Waals surface area contributed by atoms with E-state index in [2.05, 4.69) is 15.2 Å². The molecule has 18 heavy (non-hydrogen) atoms. The second-order valence-corrected chi connectivity index (χ2v) is 5.31. The lowest BCUT2D eigenvalue weighted by atomic mass is 10.1. The number of halogens is 1. The first kappa shape index (κ1) is 11.4. The Hall–Kier alpha value is -1.72. The topological polar surface area (TPSA) is 64.7 Å². The van der Waals surface area contributed by atoms with Crippen LogP contribution < -0.4 is 5.73 Å². The molecule has 1 aromatic carbocycles. The van der Waals surface area contributed by atoms with Gasteiger partial charge in [-0.05, 0) is 19.1 Å². The molecule has 0 amide bonds. The van der Waals surface area contributed by atoms with Gasteiger partial charge in [-0.1, -0.05) is 35.1 Å². The molecule has 0 aliphatic rings. The monoisotopic (exact) mass is 276 g/mol. The van der Waals surface area contributed by atoms with Gasteiger partial charge in [0.15, 0.2) is 0 Å². The van der Waals surface area contributed by atoms with E-state index in [1.54, 1.807) is 0 Å². The Bertz CT molecular complexity index is 738. The molecule has 0 bridgehead atoms. The number of para-hydroxylation sites is 1. The second kappa shape index (κ2) is 4.19. The number of nitrogens with two attached hydrogens (primary N) is 1. The summed E-state index contributed by atoms with van der Waals surface area (Å²) >= 11 is 7.53. The molecule has 3 rings (SSSR count). The van der Waals surface area contributed by atoms with Gasteiger partial charge in [-0.3, -0.25) is 4.98 Å². The molecule has 90 valence electrons. The Morgan fingerprint density at radius 3 is 2.83 bits per heavy atom. The lowest BCUT2D eigenvalue weighted by molar-refractivity contribution is 1.10. The number of hydrogen-bond donors (Lipinski definition) is 1. The first-order chi connectivity index (χ1) is 8.65. The average molecular weight is 277 g/mol. The van der Waals surface area contributed by atoms with Crippen molar-refractivity contribution in [1.29, 1.82) is 0 Å². The summed E-state index contributed by atoms with van der Waals surface area (Å²) in [5.41, 5.74) is 8.27. The molecule has 0 fully saturated rings. The molecule has 4 nitrogen and oxygen atoms in total. The predicted molar refractivity (Wildman–Crippen MR) is 74.8 cm³/mol. The van der Waals surface area contributed by atoms with Crippen LogP contribution in [0.3, 0.4) is 0 Å². The number of anilines is 1. The van der Waals surface area contributed by atoms with Crippen LogP contribution in [-0.4, -0.2) is 15.2 Å². The molecular weight excluding hydrogens is 268 g/mol. The zero-order valence-corrected chi connectivity index (χ0v) is 11.1. The lowest BCUT2D eigenvalue weighted by Crippen LogP contribution is -1.89. The highest BCUT2D eigenvalue weighted by Gasteiger charge is 2.12. The molecule has 6 heteroatoms. The number of hydrogen-bond acceptors (Lipinski definition) is 5. The van der Waals surface area contributed by atoms with Crippen molar-refractivity contribution in [1.82, 2.24) is 15.2 Å². The van der Waals surface area contributed by atoms with Gasteiger partial charge in [-0.15, -0.1) is 10.2 Å². The van der Waals surface area contributed by atoms with E-state index in [4.69, 9.17) is 17.3 Å². The summed E-state index contributed by atoms with van der Waals surface area (Å²) in [6, 6.07) is 7.67. The second-order valence-electron chi connectivity index (χ2n) is 3.89. The van der Waals surface area contributed by atoms with Gasteiger partial charge in [-0.25, -0.2) is 0 Å². The molecule has 0 atom stereocenters. The third-order valence-electron chi connectivity index (χ3n) is 2.59. The molecule has 0 aliphatic heterocycles. The average Bonchev–Trinajstić information content (AvgIpc) is 2.76. The van der Waals surface area contributed by atoms with E-state index in [9.17, 15) is 0 Å². The molecule has 0 unspecified atom stereocenters. The van der Waals surface area contributed by atoms with E-state index in [-0.39, 0.29) is 0 Å². The quantitative estimate of drug-likeness (QED) is 0.741. The minimum atomic E-state index is 0.453. The maximum atomic E-state index is 6.17. The molecule has 0 saturated heterocycles. The van der Waals surface area contributed by atoms with Crippen LogP contribution in [0.5, 0.6) is 0 Å². The van der Waals surface area contributed by atoms with Gasteiger partial charge < -0.3 is 5.73 Å². The van der Waals surface area contributed by atoms with Crippen LogP contribution in [0.25, 0.3) is 21.5 Å². The summed E-state index contributed by atoms with van der Waals surface area (Å²) in [5, 5.41) is 10.8. The summed E-state index contributed by atoms with van der Waals surface area (Å²) < 4.78 is 0. The molecule has 0 spiro atoms. The van der Waals surface area contributed by atoms with Crippen molar-refractivity contribution < 1.29 is 0 Å². The number of fused-ring (bicyclic) bond motifs is 1. The number of aryl methyl sites for hydroxylation is 1. The molecule has 0 saturated carbocycles. The summed E-state index contributed by atoms with van der Waals surface area (Å²) in [4.78, 5) is 4.46. The maximum Gasteiger partial charge on any atom is 0.203 e. The SMILES string of the molecule is Cc1cc(-c2nnc(N)s2)c2cccc(Cl)c2n1. The van der Waals surface area contributed by atoms with Crippen LogP contribution in [0.15, 0.2) is 24.3 Å². The highest BCUT2D eigenvalue weighted by molar-refractivity contribution is 7.18. The zero-order chi connectivity index (χ0) is 12.7. The van der Waals surface area contributed by atoms with Crippen LogP contribution in [-0.2, 0) is 0 Å². The third-order valence-corrected chi connectivity index (χ3v) is 3.68. The van der Waals surface area contributed by atoms with Crippen LogP contribution in [0.1, 0.15) is 5.69 Å². The fourth-order valence-electron chi connectivity index (χ4n) is 1.86. The van der Waals surface area contributed by atoms with Crippen LogP contribution >= 0.6 is 22.9 Å². The first-order valence-electron chi connectivity index (χ1n) is 5.30. The predicted octanol–water partition coefficient (Wildman–Crippen LogP) is 3.30. The van der Waals surface area contributed by atoms with Gasteiger partial charge in [0.1, 0.15) is 5.01 Å². The van der Waals surface area contributed by atoms with Crippen LogP contribution in [0, 0.1) is 6.92 Å². The molecule has 2 aromatic heterocycles. The van der Waals surface area contributed by atoms with Crippen LogP contribution in [0.2, 0.25) is 5.02 Å². The molecule has 2 heterocycles. The largest absolute Gasteiger partial charge is 0.374 e. The van der Waals surface area contributed by atoms with Crippen molar-refractivity contribution in [2.45, 2.75) is 6.92 Å². The van der Waals surface area contributed by atoms with Gasteiger partial charge in [0.05, 0.1) is 10.5 Å². The fourth-order valence-corrected chi connectivity index (χ4v) is 2.72. The van der Waals surface area contributed by atoms with Gasteiger partial charge >= 0.3 is 0 Å². The van der Waals surface area contributed by atoms with E-state index in [1.807, 2.05) is 31.2 Å². The summed E-state index contributed by atoms with van der Waals surface area (Å²) in [7, 11) is 0. The van der Waals surface area contributed by atoms with Crippen LogP contribution in [0.4, 0.5) is 5.13 Å². The number of benzene rings is 1. The molecular formula is C12H9ClN4S. The van der Waals surface area contributed by atoms with E-state index in [1.165, 1.54) is 11.3 Å². The minimum Gasteiger partial charge on any atom is -0.374 e. The van der Waals surface area contributed by atoms with E-state index in [0.29, 0.717) is 10.2 Å². The smallest absolute Gasteiger partial charge is 0.203 e. The number of nitrogen functional groups attached to an aromatic ring is 1. The first-order valence-corrected chi connectivity index (χ1v) is 6.50. The highest BCUT2D eigenvalue weighted by Crippen LogP contribution is 2.33. The van der Waals surface area contributed by atoms with Crippen molar-refractivity contribution in [2.75, 3.05) is 5.73 Å². The third kappa shape index (κ3) is 1.81. The van der Waals surface area contributed by atoms with Crippen molar-refractivity contribution in [3.05, 3.63) is 35.0 Å². The van der Waals surface area contributed by atoms with E-state index >= 15 is 0 Å². The summed E-state index contributed by atoms with van der Waals surface area (Å²) in [6.45, 7) is 1.93. The van der Waals surface area contributed by atoms with Crippen molar-refractivity contribution in [3.8, 4) is 10.6 Å². The van der Waals surface area contributed by atoms with E-state index in [0.717, 1.165) is 27.2 Å². The maximum absolute atomic E-state index is 6.17. The van der Waals surface area contributed by atoms with Crippen molar-refractivity contribution >= 4 is 39.0 Å². The number of aromatic nitrogens is 3. The molecule has 0 radical (unpaired) electrons. The Balaban J connectivity index is 2.38. The molecule has 2 N–H and O–H groups in total.